The highest BCUT2D eigenvalue weighted by Crippen LogP contribution is 2.13. The first-order valence-corrected chi connectivity index (χ1v) is 4.52. The number of ether oxygens (including phenoxy) is 1. The van der Waals surface area contributed by atoms with Crippen molar-refractivity contribution in [3.63, 3.8) is 0 Å². The van der Waals surface area contributed by atoms with Crippen LogP contribution in [0.2, 0.25) is 0 Å². The summed E-state index contributed by atoms with van der Waals surface area (Å²) in [5.41, 5.74) is 6.85. The second-order valence-corrected chi connectivity index (χ2v) is 2.93. The normalized spacial score (nSPS) is 8.50. The number of esters is 1. The second-order valence-electron chi connectivity index (χ2n) is 2.93. The van der Waals surface area contributed by atoms with Gasteiger partial charge >= 0.3 is 5.97 Å². The van der Waals surface area contributed by atoms with Crippen LogP contribution < -0.4 is 5.73 Å². The zero-order chi connectivity index (χ0) is 12.0. The maximum absolute atomic E-state index is 11.4. The first kappa shape index (κ1) is 11.6. The molecule has 1 aromatic rings. The molecule has 1 aromatic carbocycles. The van der Waals surface area contributed by atoms with Crippen LogP contribution in [0.25, 0.3) is 0 Å². The summed E-state index contributed by atoms with van der Waals surface area (Å²) in [6, 6.07) is 6.67. The van der Waals surface area contributed by atoms with E-state index in [2.05, 4.69) is 16.6 Å². The van der Waals surface area contributed by atoms with Gasteiger partial charge in [-0.05, 0) is 18.2 Å². The van der Waals surface area contributed by atoms with Gasteiger partial charge in [-0.1, -0.05) is 11.8 Å². The van der Waals surface area contributed by atoms with Gasteiger partial charge in [0.15, 0.2) is 0 Å². The molecule has 0 aliphatic heterocycles. The Morgan fingerprint density at radius 2 is 2.31 bits per heavy atom. The predicted octanol–water partition coefficient (Wildman–Crippen LogP) is 1.32. The number of hydrogen-bond donors (Lipinski definition) is 1. The lowest BCUT2D eigenvalue weighted by Gasteiger charge is -2.03. The van der Waals surface area contributed by atoms with Crippen molar-refractivity contribution in [3.8, 4) is 17.9 Å². The Morgan fingerprint density at radius 1 is 1.56 bits per heavy atom. The highest BCUT2D eigenvalue weighted by Gasteiger charge is 2.10. The highest BCUT2D eigenvalue weighted by atomic mass is 16.5. The summed E-state index contributed by atoms with van der Waals surface area (Å²) in [5, 5.41) is 8.35. The van der Waals surface area contributed by atoms with Gasteiger partial charge in [-0.3, -0.25) is 0 Å². The average Bonchev–Trinajstić information content (AvgIpc) is 2.30. The van der Waals surface area contributed by atoms with E-state index in [1.54, 1.807) is 12.1 Å². The Morgan fingerprint density at radius 3 is 2.94 bits per heavy atom. The summed E-state index contributed by atoms with van der Waals surface area (Å²) in [4.78, 5) is 11.4. The number of carbonyl (C=O) groups excluding carboxylic acids is 1. The number of carbonyl (C=O) groups is 1. The van der Waals surface area contributed by atoms with Gasteiger partial charge < -0.3 is 10.5 Å². The molecule has 0 fully saturated rings. The van der Waals surface area contributed by atoms with Crippen LogP contribution in [0.3, 0.4) is 0 Å². The number of nitrogen functional groups attached to an aromatic ring is 1. The van der Waals surface area contributed by atoms with Crippen LogP contribution in [0.5, 0.6) is 0 Å². The van der Waals surface area contributed by atoms with Crippen molar-refractivity contribution in [1.82, 2.24) is 0 Å². The minimum atomic E-state index is -0.492. The van der Waals surface area contributed by atoms with Crippen molar-refractivity contribution in [2.45, 2.75) is 6.42 Å². The summed E-state index contributed by atoms with van der Waals surface area (Å²) in [6.45, 7) is 0. The van der Waals surface area contributed by atoms with Gasteiger partial charge in [0.2, 0.25) is 0 Å². The number of nitriles is 1. The fraction of sp³-hybridized carbons (Fsp3) is 0.167. The molecule has 2 N–H and O–H groups in total. The Balaban J connectivity index is 3.15. The number of methoxy groups -OCH3 is 1. The predicted molar refractivity (Wildman–Crippen MR) is 59.3 cm³/mol. The first-order chi connectivity index (χ1) is 7.69. The zero-order valence-corrected chi connectivity index (χ0v) is 8.78. The van der Waals surface area contributed by atoms with Gasteiger partial charge in [-0.25, -0.2) is 4.79 Å². The minimum Gasteiger partial charge on any atom is -0.465 e. The summed E-state index contributed by atoms with van der Waals surface area (Å²) in [7, 11) is 1.29. The molecule has 1 rings (SSSR count). The largest absolute Gasteiger partial charge is 0.465 e. The second kappa shape index (κ2) is 5.43. The van der Waals surface area contributed by atoms with Crippen LogP contribution in [0.4, 0.5) is 5.69 Å². The fourth-order valence-electron chi connectivity index (χ4n) is 1.13. The number of hydrogen-bond acceptors (Lipinski definition) is 4. The molecule has 0 aliphatic rings. The van der Waals surface area contributed by atoms with E-state index in [0.717, 1.165) is 0 Å². The van der Waals surface area contributed by atoms with E-state index in [1.165, 1.54) is 13.2 Å². The monoisotopic (exact) mass is 214 g/mol. The molecule has 0 radical (unpaired) electrons. The summed E-state index contributed by atoms with van der Waals surface area (Å²) in [5.74, 6) is 4.87. The Kier molecular flexibility index (Phi) is 3.94. The number of rotatable bonds is 1. The SMILES string of the molecule is COC(=O)c1cc(N)ccc1C#CCC#N. The number of anilines is 1. The van der Waals surface area contributed by atoms with E-state index in [0.29, 0.717) is 16.8 Å². The summed E-state index contributed by atoms with van der Waals surface area (Å²) < 4.78 is 4.61. The standard InChI is InChI=1S/C12H10N2O2/c1-16-12(15)11-8-10(14)6-5-9(11)4-2-3-7-13/h5-6,8H,3,14H2,1H3. The first-order valence-electron chi connectivity index (χ1n) is 4.52. The summed E-state index contributed by atoms with van der Waals surface area (Å²) >= 11 is 0. The molecule has 0 saturated heterocycles. The molecule has 0 saturated carbocycles. The molecule has 0 aliphatic carbocycles. The molecule has 4 nitrogen and oxygen atoms in total. The third kappa shape index (κ3) is 2.76. The summed E-state index contributed by atoms with van der Waals surface area (Å²) in [6.07, 6.45) is 0.116. The van der Waals surface area contributed by atoms with E-state index >= 15 is 0 Å². The fourth-order valence-corrected chi connectivity index (χ4v) is 1.13. The molecular weight excluding hydrogens is 204 g/mol. The van der Waals surface area contributed by atoms with Gasteiger partial charge in [-0.2, -0.15) is 5.26 Å². The van der Waals surface area contributed by atoms with Crippen molar-refractivity contribution < 1.29 is 9.53 Å². The lowest BCUT2D eigenvalue weighted by atomic mass is 10.1. The minimum absolute atomic E-state index is 0.116. The van der Waals surface area contributed by atoms with Gasteiger partial charge in [0.1, 0.15) is 0 Å². The molecule has 0 atom stereocenters. The lowest BCUT2D eigenvalue weighted by molar-refractivity contribution is 0.0600. The quantitative estimate of drug-likeness (QED) is 0.434. The third-order valence-electron chi connectivity index (χ3n) is 1.84. The average molecular weight is 214 g/mol. The Bertz CT molecular complexity index is 504. The Hall–Kier alpha value is -2.46. The Labute approximate surface area is 93.6 Å². The topological polar surface area (TPSA) is 76.1 Å². The molecule has 0 heterocycles. The zero-order valence-electron chi connectivity index (χ0n) is 8.78. The molecular formula is C12H10N2O2. The van der Waals surface area contributed by atoms with E-state index in [1.807, 2.05) is 6.07 Å². The van der Waals surface area contributed by atoms with Gasteiger partial charge in [0, 0.05) is 11.3 Å². The molecule has 0 bridgehead atoms. The maximum atomic E-state index is 11.4. The smallest absolute Gasteiger partial charge is 0.339 e. The number of nitrogens with two attached hydrogens (primary N) is 1. The molecule has 0 spiro atoms. The van der Waals surface area contributed by atoms with Crippen LogP contribution >= 0.6 is 0 Å². The molecule has 0 aromatic heterocycles. The van der Waals surface area contributed by atoms with Crippen molar-refractivity contribution in [1.29, 1.82) is 5.26 Å². The van der Waals surface area contributed by atoms with E-state index < -0.39 is 5.97 Å². The van der Waals surface area contributed by atoms with Crippen molar-refractivity contribution >= 4 is 11.7 Å². The highest BCUT2D eigenvalue weighted by molar-refractivity contribution is 5.93. The van der Waals surface area contributed by atoms with E-state index in [9.17, 15) is 4.79 Å². The number of nitrogens with zero attached hydrogens (tertiary/aromatic N) is 1. The van der Waals surface area contributed by atoms with Gasteiger partial charge in [0.05, 0.1) is 25.2 Å². The molecule has 4 heteroatoms. The van der Waals surface area contributed by atoms with Crippen molar-refractivity contribution in [2.24, 2.45) is 0 Å². The maximum Gasteiger partial charge on any atom is 0.339 e. The van der Waals surface area contributed by atoms with Crippen LogP contribution in [-0.2, 0) is 4.74 Å². The van der Waals surface area contributed by atoms with E-state index in [4.69, 9.17) is 11.0 Å². The third-order valence-corrected chi connectivity index (χ3v) is 1.84. The van der Waals surface area contributed by atoms with Crippen LogP contribution in [0, 0.1) is 23.2 Å². The van der Waals surface area contributed by atoms with Crippen molar-refractivity contribution in [2.75, 3.05) is 12.8 Å². The van der Waals surface area contributed by atoms with Gasteiger partial charge in [0.25, 0.3) is 0 Å². The van der Waals surface area contributed by atoms with Gasteiger partial charge in [-0.15, -0.1) is 0 Å². The number of benzene rings is 1. The lowest BCUT2D eigenvalue weighted by Crippen LogP contribution is -2.05. The molecule has 0 unspecified atom stereocenters. The van der Waals surface area contributed by atoms with E-state index in [-0.39, 0.29) is 6.42 Å². The van der Waals surface area contributed by atoms with Crippen LogP contribution in [-0.4, -0.2) is 13.1 Å². The molecule has 0 amide bonds. The van der Waals surface area contributed by atoms with Crippen LogP contribution in [0.15, 0.2) is 18.2 Å². The molecule has 80 valence electrons. The molecule has 16 heavy (non-hydrogen) atoms. The van der Waals surface area contributed by atoms with Crippen molar-refractivity contribution in [3.05, 3.63) is 29.3 Å². The van der Waals surface area contributed by atoms with Crippen LogP contribution in [0.1, 0.15) is 22.3 Å².